The standard InChI is InChI=1S/C14H11F3N2O/c1-8-2-3-9(6-12(8)18)13(20)10-7-19-5-4-11(10)14(15,16)17/h2-7H,18H2,1H3. The van der Waals surface area contributed by atoms with Crippen LogP contribution in [0.15, 0.2) is 36.7 Å². The van der Waals surface area contributed by atoms with E-state index in [1.807, 2.05) is 0 Å². The third-order valence-corrected chi connectivity index (χ3v) is 2.91. The van der Waals surface area contributed by atoms with E-state index in [0.29, 0.717) is 5.69 Å². The molecule has 104 valence electrons. The number of hydrogen-bond donors (Lipinski definition) is 1. The first-order valence-corrected chi connectivity index (χ1v) is 5.72. The third kappa shape index (κ3) is 2.64. The molecule has 0 saturated heterocycles. The second-order valence-corrected chi connectivity index (χ2v) is 4.32. The van der Waals surface area contributed by atoms with Gasteiger partial charge in [-0.25, -0.2) is 0 Å². The number of nitrogens with zero attached hydrogens (tertiary/aromatic N) is 1. The van der Waals surface area contributed by atoms with Crippen molar-refractivity contribution in [2.45, 2.75) is 13.1 Å². The SMILES string of the molecule is Cc1ccc(C(=O)c2cnccc2C(F)(F)F)cc1N. The molecule has 20 heavy (non-hydrogen) atoms. The van der Waals surface area contributed by atoms with Gasteiger partial charge in [0.05, 0.1) is 11.1 Å². The maximum absolute atomic E-state index is 12.9. The fraction of sp³-hybridized carbons (Fsp3) is 0.143. The van der Waals surface area contributed by atoms with Crippen LogP contribution in [0.3, 0.4) is 0 Å². The van der Waals surface area contributed by atoms with Crippen LogP contribution >= 0.6 is 0 Å². The maximum Gasteiger partial charge on any atom is 0.417 e. The zero-order valence-corrected chi connectivity index (χ0v) is 10.5. The zero-order chi connectivity index (χ0) is 14.9. The van der Waals surface area contributed by atoms with Crippen molar-refractivity contribution < 1.29 is 18.0 Å². The summed E-state index contributed by atoms with van der Waals surface area (Å²) in [5.41, 5.74) is 5.40. The summed E-state index contributed by atoms with van der Waals surface area (Å²) in [5, 5.41) is 0. The van der Waals surface area contributed by atoms with Crippen molar-refractivity contribution in [3.05, 3.63) is 58.9 Å². The highest BCUT2D eigenvalue weighted by atomic mass is 19.4. The van der Waals surface area contributed by atoms with Gasteiger partial charge < -0.3 is 5.73 Å². The summed E-state index contributed by atoms with van der Waals surface area (Å²) in [7, 11) is 0. The number of alkyl halides is 3. The Balaban J connectivity index is 2.51. The largest absolute Gasteiger partial charge is 0.417 e. The summed E-state index contributed by atoms with van der Waals surface area (Å²) in [5.74, 6) is -0.753. The Morgan fingerprint density at radius 2 is 1.95 bits per heavy atom. The normalized spacial score (nSPS) is 11.4. The van der Waals surface area contributed by atoms with Crippen molar-refractivity contribution in [3.63, 3.8) is 0 Å². The van der Waals surface area contributed by atoms with E-state index in [-0.39, 0.29) is 5.56 Å². The smallest absolute Gasteiger partial charge is 0.398 e. The molecule has 0 saturated carbocycles. The lowest BCUT2D eigenvalue weighted by Gasteiger charge is -2.11. The minimum Gasteiger partial charge on any atom is -0.398 e. The predicted octanol–water partition coefficient (Wildman–Crippen LogP) is 3.22. The minimum atomic E-state index is -4.61. The van der Waals surface area contributed by atoms with Gasteiger partial charge in [0.15, 0.2) is 5.78 Å². The number of nitrogen functional groups attached to an aromatic ring is 1. The summed E-state index contributed by atoms with van der Waals surface area (Å²) >= 11 is 0. The van der Waals surface area contributed by atoms with E-state index in [1.165, 1.54) is 12.1 Å². The summed E-state index contributed by atoms with van der Waals surface area (Å²) in [4.78, 5) is 15.8. The Morgan fingerprint density at radius 1 is 1.25 bits per heavy atom. The molecule has 0 atom stereocenters. The molecular formula is C14H11F3N2O. The van der Waals surface area contributed by atoms with Crippen molar-refractivity contribution in [2.24, 2.45) is 0 Å². The van der Waals surface area contributed by atoms with E-state index >= 15 is 0 Å². The molecule has 0 aliphatic rings. The Bertz CT molecular complexity index is 666. The van der Waals surface area contributed by atoms with Crippen molar-refractivity contribution in [3.8, 4) is 0 Å². The molecule has 1 heterocycles. The molecule has 3 nitrogen and oxygen atoms in total. The van der Waals surface area contributed by atoms with Crippen molar-refractivity contribution in [2.75, 3.05) is 5.73 Å². The van der Waals surface area contributed by atoms with E-state index in [2.05, 4.69) is 4.98 Å². The number of benzene rings is 1. The van der Waals surface area contributed by atoms with Gasteiger partial charge in [0.2, 0.25) is 0 Å². The molecular weight excluding hydrogens is 269 g/mol. The molecule has 0 spiro atoms. The number of aromatic nitrogens is 1. The number of hydrogen-bond acceptors (Lipinski definition) is 3. The number of anilines is 1. The average molecular weight is 280 g/mol. The van der Waals surface area contributed by atoms with Gasteiger partial charge in [-0.2, -0.15) is 13.2 Å². The lowest BCUT2D eigenvalue weighted by Crippen LogP contribution is -2.14. The van der Waals surface area contributed by atoms with E-state index in [1.54, 1.807) is 13.0 Å². The number of nitrogens with two attached hydrogens (primary N) is 1. The maximum atomic E-state index is 12.9. The summed E-state index contributed by atoms with van der Waals surface area (Å²) in [6.45, 7) is 1.74. The number of halogens is 3. The summed E-state index contributed by atoms with van der Waals surface area (Å²) in [6, 6.07) is 5.18. The number of aryl methyl sites for hydroxylation is 1. The number of rotatable bonds is 2. The molecule has 0 bridgehead atoms. The van der Waals surface area contributed by atoms with Gasteiger partial charge in [-0.1, -0.05) is 12.1 Å². The summed E-state index contributed by atoms with van der Waals surface area (Å²) < 4.78 is 38.6. The van der Waals surface area contributed by atoms with Crippen molar-refractivity contribution in [1.29, 1.82) is 0 Å². The molecule has 0 radical (unpaired) electrons. The van der Waals surface area contributed by atoms with Crippen LogP contribution in [0.25, 0.3) is 0 Å². The second kappa shape index (κ2) is 4.96. The quantitative estimate of drug-likeness (QED) is 0.678. The first-order valence-electron chi connectivity index (χ1n) is 5.72. The Kier molecular flexibility index (Phi) is 3.48. The van der Waals surface area contributed by atoms with Gasteiger partial charge in [-0.15, -0.1) is 0 Å². The van der Waals surface area contributed by atoms with Crippen LogP contribution in [-0.2, 0) is 6.18 Å². The van der Waals surface area contributed by atoms with E-state index < -0.39 is 23.1 Å². The number of carbonyl (C=O) groups excluding carboxylic acids is 1. The van der Waals surface area contributed by atoms with E-state index in [9.17, 15) is 18.0 Å². The fourth-order valence-corrected chi connectivity index (χ4v) is 1.76. The highest BCUT2D eigenvalue weighted by Crippen LogP contribution is 2.32. The number of carbonyl (C=O) groups is 1. The first-order chi connectivity index (χ1) is 9.30. The van der Waals surface area contributed by atoms with Gasteiger partial charge in [0, 0.05) is 23.6 Å². The molecule has 0 aliphatic carbocycles. The fourth-order valence-electron chi connectivity index (χ4n) is 1.76. The predicted molar refractivity (Wildman–Crippen MR) is 68.3 cm³/mol. The van der Waals surface area contributed by atoms with Crippen LogP contribution in [0, 0.1) is 6.92 Å². The lowest BCUT2D eigenvalue weighted by molar-refractivity contribution is -0.137. The highest BCUT2D eigenvalue weighted by Gasteiger charge is 2.35. The molecule has 2 N–H and O–H groups in total. The van der Waals surface area contributed by atoms with Gasteiger partial charge >= 0.3 is 6.18 Å². The number of ketones is 1. The molecule has 6 heteroatoms. The van der Waals surface area contributed by atoms with Crippen molar-refractivity contribution in [1.82, 2.24) is 4.98 Å². The lowest BCUT2D eigenvalue weighted by atomic mass is 9.98. The molecule has 0 aliphatic heterocycles. The molecule has 2 rings (SSSR count). The monoisotopic (exact) mass is 280 g/mol. The topological polar surface area (TPSA) is 56.0 Å². The van der Waals surface area contributed by atoms with E-state index in [0.717, 1.165) is 24.0 Å². The second-order valence-electron chi connectivity index (χ2n) is 4.32. The van der Waals surface area contributed by atoms with Gasteiger partial charge in [-0.05, 0) is 24.6 Å². The van der Waals surface area contributed by atoms with Crippen LogP contribution in [0.1, 0.15) is 27.0 Å². The van der Waals surface area contributed by atoms with Gasteiger partial charge in [-0.3, -0.25) is 9.78 Å². The van der Waals surface area contributed by atoms with E-state index in [4.69, 9.17) is 5.73 Å². The minimum absolute atomic E-state index is 0.103. The molecule has 1 aromatic carbocycles. The summed E-state index contributed by atoms with van der Waals surface area (Å²) in [6.07, 6.45) is -2.69. The van der Waals surface area contributed by atoms with Gasteiger partial charge in [0.1, 0.15) is 0 Å². The Hall–Kier alpha value is -2.37. The van der Waals surface area contributed by atoms with Crippen LogP contribution in [-0.4, -0.2) is 10.8 Å². The molecule has 0 unspecified atom stereocenters. The molecule has 0 amide bonds. The number of pyridine rings is 1. The van der Waals surface area contributed by atoms with Crippen LogP contribution in [0.4, 0.5) is 18.9 Å². The third-order valence-electron chi connectivity index (χ3n) is 2.91. The van der Waals surface area contributed by atoms with Crippen molar-refractivity contribution >= 4 is 11.5 Å². The van der Waals surface area contributed by atoms with Crippen LogP contribution in [0.5, 0.6) is 0 Å². The highest BCUT2D eigenvalue weighted by molar-refractivity contribution is 6.10. The average Bonchev–Trinajstić information content (AvgIpc) is 2.40. The zero-order valence-electron chi connectivity index (χ0n) is 10.5. The van der Waals surface area contributed by atoms with Crippen LogP contribution in [0.2, 0.25) is 0 Å². The Morgan fingerprint density at radius 3 is 2.55 bits per heavy atom. The first kappa shape index (κ1) is 14.0. The molecule has 1 aromatic heterocycles. The Labute approximate surface area is 113 Å². The molecule has 0 fully saturated rings. The van der Waals surface area contributed by atoms with Gasteiger partial charge in [0.25, 0.3) is 0 Å². The molecule has 2 aromatic rings. The van der Waals surface area contributed by atoms with Crippen LogP contribution < -0.4 is 5.73 Å².